The van der Waals surface area contributed by atoms with Crippen LogP contribution in [0, 0.1) is 0 Å². The number of amides is 1. The number of methoxy groups -OCH3 is 1. The number of hydrogen-bond acceptors (Lipinski definition) is 4. The van der Waals surface area contributed by atoms with Gasteiger partial charge in [0.25, 0.3) is 5.91 Å². The second kappa shape index (κ2) is 7.00. The zero-order valence-electron chi connectivity index (χ0n) is 13.2. The first-order valence-electron chi connectivity index (χ1n) is 7.58. The summed E-state index contributed by atoms with van der Waals surface area (Å²) in [5, 5.41) is 4.88. The van der Waals surface area contributed by atoms with Crippen LogP contribution in [0.4, 0.5) is 0 Å². The van der Waals surface area contributed by atoms with E-state index in [-0.39, 0.29) is 18.1 Å². The van der Waals surface area contributed by atoms with Gasteiger partial charge in [0, 0.05) is 0 Å². The molecule has 1 heterocycles. The van der Waals surface area contributed by atoms with Gasteiger partial charge in [-0.1, -0.05) is 42.5 Å². The predicted octanol–water partition coefficient (Wildman–Crippen LogP) is 3.47. The average Bonchev–Trinajstić information content (AvgIpc) is 3.15. The number of rotatable bonds is 5. The van der Waals surface area contributed by atoms with Crippen LogP contribution >= 0.6 is 0 Å². The van der Waals surface area contributed by atoms with Gasteiger partial charge >= 0.3 is 5.97 Å². The number of benzene rings is 2. The molecule has 2 aromatic carbocycles. The molecule has 1 atom stereocenters. The first kappa shape index (κ1) is 15.8. The number of nitrogens with one attached hydrogen (secondary N) is 1. The van der Waals surface area contributed by atoms with Gasteiger partial charge in [-0.2, -0.15) is 0 Å². The van der Waals surface area contributed by atoms with Gasteiger partial charge in [0.1, 0.15) is 0 Å². The second-order valence-electron chi connectivity index (χ2n) is 5.35. The Morgan fingerprint density at radius 3 is 2.62 bits per heavy atom. The fourth-order valence-corrected chi connectivity index (χ4v) is 2.68. The maximum atomic E-state index is 12.3. The smallest absolute Gasteiger partial charge is 0.307 e. The minimum atomic E-state index is -0.513. The third-order valence-electron chi connectivity index (χ3n) is 3.85. The summed E-state index contributed by atoms with van der Waals surface area (Å²) in [4.78, 5) is 24.1. The normalized spacial score (nSPS) is 11.9. The highest BCUT2D eigenvalue weighted by molar-refractivity contribution is 5.93. The summed E-state index contributed by atoms with van der Waals surface area (Å²) >= 11 is 0. The summed E-state index contributed by atoms with van der Waals surface area (Å²) < 4.78 is 9.90. The molecular weight excluding hydrogens is 306 g/mol. The number of ether oxygens (including phenoxy) is 1. The van der Waals surface area contributed by atoms with Crippen molar-refractivity contribution in [1.29, 1.82) is 0 Å². The first-order chi connectivity index (χ1) is 11.7. The Hall–Kier alpha value is -3.08. The van der Waals surface area contributed by atoms with Gasteiger partial charge in [0.15, 0.2) is 5.76 Å². The van der Waals surface area contributed by atoms with E-state index in [0.717, 1.165) is 16.3 Å². The van der Waals surface area contributed by atoms with Crippen molar-refractivity contribution >= 4 is 22.6 Å². The largest absolute Gasteiger partial charge is 0.469 e. The Labute approximate surface area is 139 Å². The molecule has 0 saturated heterocycles. The summed E-state index contributed by atoms with van der Waals surface area (Å²) in [6.45, 7) is 0. The molecular formula is C19H17NO4. The van der Waals surface area contributed by atoms with Crippen LogP contribution in [0.5, 0.6) is 0 Å². The van der Waals surface area contributed by atoms with Crippen LogP contribution in [-0.4, -0.2) is 19.0 Å². The minimum absolute atomic E-state index is 0.0386. The molecule has 0 aliphatic rings. The van der Waals surface area contributed by atoms with Crippen LogP contribution in [0.3, 0.4) is 0 Å². The van der Waals surface area contributed by atoms with Gasteiger partial charge in [-0.25, -0.2) is 0 Å². The van der Waals surface area contributed by atoms with E-state index in [1.54, 1.807) is 12.1 Å². The van der Waals surface area contributed by atoms with Crippen LogP contribution in [-0.2, 0) is 9.53 Å². The number of carbonyl (C=O) groups excluding carboxylic acids is 2. The number of fused-ring (bicyclic) bond motifs is 1. The molecule has 3 rings (SSSR count). The van der Waals surface area contributed by atoms with Crippen LogP contribution < -0.4 is 5.32 Å². The summed E-state index contributed by atoms with van der Waals surface area (Å²) in [6.07, 6.45) is 1.47. The summed E-state index contributed by atoms with van der Waals surface area (Å²) in [7, 11) is 1.33. The second-order valence-corrected chi connectivity index (χ2v) is 5.35. The lowest BCUT2D eigenvalue weighted by molar-refractivity contribution is -0.141. The van der Waals surface area contributed by atoms with Crippen molar-refractivity contribution in [2.75, 3.05) is 7.11 Å². The van der Waals surface area contributed by atoms with Crippen molar-refractivity contribution in [1.82, 2.24) is 5.32 Å². The van der Waals surface area contributed by atoms with Crippen molar-refractivity contribution in [3.05, 3.63) is 72.2 Å². The molecule has 0 bridgehead atoms. The maximum absolute atomic E-state index is 12.3. The Morgan fingerprint density at radius 2 is 1.88 bits per heavy atom. The molecule has 5 heteroatoms. The van der Waals surface area contributed by atoms with E-state index in [0.29, 0.717) is 0 Å². The van der Waals surface area contributed by atoms with Crippen molar-refractivity contribution in [3.63, 3.8) is 0 Å². The Balaban J connectivity index is 1.97. The Kier molecular flexibility index (Phi) is 4.61. The van der Waals surface area contributed by atoms with Crippen LogP contribution in [0.25, 0.3) is 10.8 Å². The molecule has 0 saturated carbocycles. The molecule has 122 valence electrons. The molecule has 0 spiro atoms. The molecule has 1 amide bonds. The highest BCUT2D eigenvalue weighted by atomic mass is 16.5. The van der Waals surface area contributed by atoms with Crippen LogP contribution in [0.15, 0.2) is 65.3 Å². The first-order valence-corrected chi connectivity index (χ1v) is 7.58. The zero-order valence-corrected chi connectivity index (χ0v) is 13.2. The lowest BCUT2D eigenvalue weighted by Gasteiger charge is -2.19. The highest BCUT2D eigenvalue weighted by Crippen LogP contribution is 2.27. The summed E-state index contributed by atoms with van der Waals surface area (Å²) in [5.74, 6) is -0.570. The monoisotopic (exact) mass is 323 g/mol. The van der Waals surface area contributed by atoms with Gasteiger partial charge in [0.05, 0.1) is 25.8 Å². The van der Waals surface area contributed by atoms with Gasteiger partial charge in [-0.15, -0.1) is 0 Å². The number of carbonyl (C=O) groups is 2. The fourth-order valence-electron chi connectivity index (χ4n) is 2.68. The van der Waals surface area contributed by atoms with Crippen molar-refractivity contribution < 1.29 is 18.7 Å². The van der Waals surface area contributed by atoms with E-state index in [2.05, 4.69) is 5.32 Å². The van der Waals surface area contributed by atoms with E-state index in [4.69, 9.17) is 9.15 Å². The predicted molar refractivity (Wildman–Crippen MR) is 89.5 cm³/mol. The molecule has 5 nitrogen and oxygen atoms in total. The SMILES string of the molecule is COC(=O)C[C@H](NC(=O)c1ccco1)c1cccc2ccccc12. The van der Waals surface area contributed by atoms with E-state index in [1.807, 2.05) is 42.5 Å². The van der Waals surface area contributed by atoms with E-state index in [1.165, 1.54) is 13.4 Å². The van der Waals surface area contributed by atoms with E-state index in [9.17, 15) is 9.59 Å². The summed E-state index contributed by atoms with van der Waals surface area (Å²) in [6, 6.07) is 16.3. The third kappa shape index (κ3) is 3.30. The van der Waals surface area contributed by atoms with Crippen LogP contribution in [0.2, 0.25) is 0 Å². The highest BCUT2D eigenvalue weighted by Gasteiger charge is 2.22. The zero-order chi connectivity index (χ0) is 16.9. The lowest BCUT2D eigenvalue weighted by Crippen LogP contribution is -2.30. The van der Waals surface area contributed by atoms with Crippen molar-refractivity contribution in [3.8, 4) is 0 Å². The molecule has 3 aromatic rings. The molecule has 0 fully saturated rings. The fraction of sp³-hybridized carbons (Fsp3) is 0.158. The quantitative estimate of drug-likeness (QED) is 0.730. The maximum Gasteiger partial charge on any atom is 0.307 e. The van der Waals surface area contributed by atoms with Gasteiger partial charge < -0.3 is 14.5 Å². The minimum Gasteiger partial charge on any atom is -0.469 e. The molecule has 24 heavy (non-hydrogen) atoms. The molecule has 1 aromatic heterocycles. The standard InChI is InChI=1S/C19H17NO4/c1-23-18(21)12-16(20-19(22)17-10-5-11-24-17)15-9-4-7-13-6-2-3-8-14(13)15/h2-11,16H,12H2,1H3,(H,20,22)/t16-/m0/s1. The van der Waals surface area contributed by atoms with E-state index >= 15 is 0 Å². The van der Waals surface area contributed by atoms with Crippen molar-refractivity contribution in [2.45, 2.75) is 12.5 Å². The third-order valence-corrected chi connectivity index (χ3v) is 3.85. The topological polar surface area (TPSA) is 68.5 Å². The van der Waals surface area contributed by atoms with Gasteiger partial charge in [-0.3, -0.25) is 9.59 Å². The Bertz CT molecular complexity index is 849. The van der Waals surface area contributed by atoms with Crippen LogP contribution in [0.1, 0.15) is 28.6 Å². The molecule has 0 radical (unpaired) electrons. The van der Waals surface area contributed by atoms with E-state index < -0.39 is 12.0 Å². The molecule has 0 aliphatic carbocycles. The Morgan fingerprint density at radius 1 is 1.08 bits per heavy atom. The summed E-state index contributed by atoms with van der Waals surface area (Å²) in [5.41, 5.74) is 0.860. The molecule has 1 N–H and O–H groups in total. The molecule has 0 unspecified atom stereocenters. The average molecular weight is 323 g/mol. The number of esters is 1. The molecule has 0 aliphatic heterocycles. The number of hydrogen-bond donors (Lipinski definition) is 1. The van der Waals surface area contributed by atoms with Crippen molar-refractivity contribution in [2.24, 2.45) is 0 Å². The lowest BCUT2D eigenvalue weighted by atomic mass is 9.96. The van der Waals surface area contributed by atoms with Gasteiger partial charge in [-0.05, 0) is 28.5 Å². The van der Waals surface area contributed by atoms with Gasteiger partial charge in [0.2, 0.25) is 0 Å². The number of furan rings is 1.